The Morgan fingerprint density at radius 1 is 1.10 bits per heavy atom. The summed E-state index contributed by atoms with van der Waals surface area (Å²) in [6.07, 6.45) is 0. The molecule has 0 aliphatic heterocycles. The van der Waals surface area contributed by atoms with E-state index in [0.717, 1.165) is 0 Å². The molecule has 1 aromatic carbocycles. The Morgan fingerprint density at radius 2 is 1.86 bits per heavy atom. The molecular weight excluding hydrogens is 280 g/mol. The molecule has 1 heterocycles. The molecule has 7 nitrogen and oxygen atoms in total. The normalized spacial score (nSPS) is 10.2. The van der Waals surface area contributed by atoms with Gasteiger partial charge in [0.25, 0.3) is 0 Å². The maximum absolute atomic E-state index is 11.5. The van der Waals surface area contributed by atoms with Crippen LogP contribution in [0, 0.1) is 0 Å². The third kappa shape index (κ3) is 3.07. The molecule has 2 rings (SSSR count). The van der Waals surface area contributed by atoms with Crippen LogP contribution in [0.4, 0.5) is 0 Å². The van der Waals surface area contributed by atoms with Gasteiger partial charge in [-0.25, -0.2) is 9.59 Å². The van der Waals surface area contributed by atoms with E-state index in [9.17, 15) is 9.59 Å². The van der Waals surface area contributed by atoms with Crippen molar-refractivity contribution < 1.29 is 33.0 Å². The lowest BCUT2D eigenvalue weighted by molar-refractivity contribution is -0.142. The summed E-state index contributed by atoms with van der Waals surface area (Å²) in [5.74, 6) is -0.244. The van der Waals surface area contributed by atoms with Crippen molar-refractivity contribution in [2.24, 2.45) is 0 Å². The van der Waals surface area contributed by atoms with Gasteiger partial charge in [0.15, 0.2) is 6.61 Å². The molecule has 0 bridgehead atoms. The second-order valence-corrected chi connectivity index (χ2v) is 4.00. The van der Waals surface area contributed by atoms with Gasteiger partial charge in [-0.15, -0.1) is 0 Å². The van der Waals surface area contributed by atoms with Crippen LogP contribution in [0.5, 0.6) is 11.5 Å². The number of fused-ring (bicyclic) bond motifs is 1. The van der Waals surface area contributed by atoms with E-state index >= 15 is 0 Å². The molecule has 0 saturated carbocycles. The van der Waals surface area contributed by atoms with Crippen molar-refractivity contribution in [2.45, 2.75) is 0 Å². The Labute approximate surface area is 120 Å². The topological polar surface area (TPSA) is 84.2 Å². The number of esters is 2. The fourth-order valence-electron chi connectivity index (χ4n) is 1.74. The second kappa shape index (κ2) is 6.17. The molecule has 0 atom stereocenters. The summed E-state index contributed by atoms with van der Waals surface area (Å²) in [5, 5.41) is 0.600. The van der Waals surface area contributed by atoms with Crippen LogP contribution < -0.4 is 9.47 Å². The summed E-state index contributed by atoms with van der Waals surface area (Å²) in [6.45, 7) is -0.240. The predicted octanol–water partition coefficient (Wildman–Crippen LogP) is 1.78. The van der Waals surface area contributed by atoms with Crippen LogP contribution in [0.15, 0.2) is 22.6 Å². The number of hydrogen-bond donors (Lipinski definition) is 0. The average molecular weight is 294 g/mol. The number of ether oxygens (including phenoxy) is 4. The highest BCUT2D eigenvalue weighted by Gasteiger charge is 2.17. The van der Waals surface area contributed by atoms with Crippen molar-refractivity contribution in [3.63, 3.8) is 0 Å². The van der Waals surface area contributed by atoms with Gasteiger partial charge in [-0.05, 0) is 0 Å². The van der Waals surface area contributed by atoms with Gasteiger partial charge < -0.3 is 23.4 Å². The number of carbonyl (C=O) groups excluding carboxylic acids is 2. The van der Waals surface area contributed by atoms with Crippen LogP contribution in [0.3, 0.4) is 0 Å². The maximum atomic E-state index is 11.5. The molecule has 2 aromatic rings. The van der Waals surface area contributed by atoms with Crippen molar-refractivity contribution in [2.75, 3.05) is 27.9 Å². The molecule has 0 fully saturated rings. The summed E-state index contributed by atoms with van der Waals surface area (Å²) >= 11 is 0. The van der Waals surface area contributed by atoms with E-state index in [1.807, 2.05) is 0 Å². The van der Waals surface area contributed by atoms with E-state index in [-0.39, 0.29) is 12.4 Å². The third-order valence-electron chi connectivity index (χ3n) is 2.76. The molecule has 0 aliphatic carbocycles. The van der Waals surface area contributed by atoms with Crippen LogP contribution in [0.2, 0.25) is 0 Å². The van der Waals surface area contributed by atoms with E-state index in [1.165, 1.54) is 27.4 Å². The summed E-state index contributed by atoms with van der Waals surface area (Å²) in [5.41, 5.74) is 0.384. The van der Waals surface area contributed by atoms with Gasteiger partial charge in [-0.2, -0.15) is 0 Å². The number of benzene rings is 1. The van der Waals surface area contributed by atoms with E-state index < -0.39 is 11.9 Å². The molecule has 0 N–H and O–H groups in total. The highest BCUT2D eigenvalue weighted by Crippen LogP contribution is 2.33. The Kier molecular flexibility index (Phi) is 4.32. The van der Waals surface area contributed by atoms with Crippen molar-refractivity contribution in [3.05, 3.63) is 24.0 Å². The average Bonchev–Trinajstić information content (AvgIpc) is 2.94. The summed E-state index contributed by atoms with van der Waals surface area (Å²) in [4.78, 5) is 22.5. The quantitative estimate of drug-likeness (QED) is 0.777. The SMILES string of the molecule is COC(=O)COc1cc(OC)c2cc(C(=O)OC)oc2c1. The Balaban J connectivity index is 2.37. The monoisotopic (exact) mass is 294 g/mol. The summed E-state index contributed by atoms with van der Waals surface area (Å²) < 4.78 is 25.0. The van der Waals surface area contributed by atoms with Gasteiger partial charge in [0.1, 0.15) is 17.1 Å². The molecule has 21 heavy (non-hydrogen) atoms. The van der Waals surface area contributed by atoms with Crippen LogP contribution in [0.25, 0.3) is 11.0 Å². The fraction of sp³-hybridized carbons (Fsp3) is 0.286. The van der Waals surface area contributed by atoms with Crippen LogP contribution in [0.1, 0.15) is 10.6 Å². The molecule has 0 saturated heterocycles. The first kappa shape index (κ1) is 14.7. The van der Waals surface area contributed by atoms with E-state index in [1.54, 1.807) is 12.1 Å². The largest absolute Gasteiger partial charge is 0.496 e. The van der Waals surface area contributed by atoms with E-state index in [0.29, 0.717) is 22.5 Å². The zero-order chi connectivity index (χ0) is 15.4. The summed E-state index contributed by atoms with van der Waals surface area (Å²) in [6, 6.07) is 4.65. The highest BCUT2D eigenvalue weighted by molar-refractivity contribution is 5.95. The minimum Gasteiger partial charge on any atom is -0.496 e. The van der Waals surface area contributed by atoms with Gasteiger partial charge in [0, 0.05) is 18.2 Å². The van der Waals surface area contributed by atoms with Crippen molar-refractivity contribution in [3.8, 4) is 11.5 Å². The smallest absolute Gasteiger partial charge is 0.373 e. The highest BCUT2D eigenvalue weighted by atomic mass is 16.6. The van der Waals surface area contributed by atoms with Crippen LogP contribution in [-0.2, 0) is 14.3 Å². The van der Waals surface area contributed by atoms with Gasteiger partial charge in [0.05, 0.1) is 26.7 Å². The minimum absolute atomic E-state index is 0.0518. The third-order valence-corrected chi connectivity index (χ3v) is 2.76. The number of hydrogen-bond acceptors (Lipinski definition) is 7. The lowest BCUT2D eigenvalue weighted by atomic mass is 10.2. The van der Waals surface area contributed by atoms with Gasteiger partial charge in [-0.1, -0.05) is 0 Å². The first-order chi connectivity index (χ1) is 10.1. The molecular formula is C14H14O7. The van der Waals surface area contributed by atoms with Crippen LogP contribution >= 0.6 is 0 Å². The Hall–Kier alpha value is -2.70. The van der Waals surface area contributed by atoms with Gasteiger partial charge in [-0.3, -0.25) is 0 Å². The van der Waals surface area contributed by atoms with Crippen molar-refractivity contribution in [1.82, 2.24) is 0 Å². The molecule has 112 valence electrons. The number of rotatable bonds is 5. The van der Waals surface area contributed by atoms with E-state index in [4.69, 9.17) is 13.9 Å². The molecule has 0 unspecified atom stereocenters. The molecule has 0 radical (unpaired) electrons. The van der Waals surface area contributed by atoms with Crippen molar-refractivity contribution >= 4 is 22.9 Å². The number of carbonyl (C=O) groups is 2. The molecule has 0 aliphatic rings. The Morgan fingerprint density at radius 3 is 2.48 bits per heavy atom. The predicted molar refractivity (Wildman–Crippen MR) is 71.6 cm³/mol. The Bertz CT molecular complexity index is 671. The lowest BCUT2D eigenvalue weighted by Crippen LogP contribution is -2.12. The van der Waals surface area contributed by atoms with Crippen molar-refractivity contribution in [1.29, 1.82) is 0 Å². The molecule has 7 heteroatoms. The molecule has 0 spiro atoms. The van der Waals surface area contributed by atoms with Crippen LogP contribution in [-0.4, -0.2) is 39.9 Å². The zero-order valence-corrected chi connectivity index (χ0v) is 11.8. The minimum atomic E-state index is -0.592. The first-order valence-corrected chi connectivity index (χ1v) is 5.98. The standard InChI is InChI=1S/C14H14O7/c1-17-10-4-8(20-7-13(15)18-2)5-11-9(10)6-12(21-11)14(16)19-3/h4-6H,7H2,1-3H3. The van der Waals surface area contributed by atoms with E-state index in [2.05, 4.69) is 9.47 Å². The second-order valence-electron chi connectivity index (χ2n) is 4.00. The van der Waals surface area contributed by atoms with Gasteiger partial charge in [0.2, 0.25) is 5.76 Å². The fourth-order valence-corrected chi connectivity index (χ4v) is 1.74. The summed E-state index contributed by atoms with van der Waals surface area (Å²) in [7, 11) is 4.01. The lowest BCUT2D eigenvalue weighted by Gasteiger charge is -2.07. The molecule has 0 amide bonds. The number of furan rings is 1. The van der Waals surface area contributed by atoms with Gasteiger partial charge >= 0.3 is 11.9 Å². The number of methoxy groups -OCH3 is 3. The zero-order valence-electron chi connectivity index (χ0n) is 11.8. The molecule has 1 aromatic heterocycles. The maximum Gasteiger partial charge on any atom is 0.373 e. The first-order valence-electron chi connectivity index (χ1n) is 5.98.